The molecule has 118 valence electrons. The number of methoxy groups -OCH3 is 1. The van der Waals surface area contributed by atoms with Gasteiger partial charge in [0, 0.05) is 4.88 Å². The highest BCUT2D eigenvalue weighted by Crippen LogP contribution is 2.29. The highest BCUT2D eigenvalue weighted by molar-refractivity contribution is 7.14. The molecule has 0 fully saturated rings. The van der Waals surface area contributed by atoms with Crippen molar-refractivity contribution < 1.29 is 9.53 Å². The minimum Gasteiger partial charge on any atom is -0.495 e. The molecule has 7 heteroatoms. The Bertz CT molecular complexity index is 857. The predicted molar refractivity (Wildman–Crippen MR) is 92.1 cm³/mol. The number of carbonyl (C=O) groups is 1. The fraction of sp³-hybridized carbons (Fsp3) is 0.125. The summed E-state index contributed by atoms with van der Waals surface area (Å²) < 4.78 is 6.85. The summed E-state index contributed by atoms with van der Waals surface area (Å²) in [5.41, 5.74) is 1.34. The van der Waals surface area contributed by atoms with Gasteiger partial charge in [-0.25, -0.2) is 4.68 Å². The molecule has 1 amide bonds. The normalized spacial score (nSPS) is 10.6. The van der Waals surface area contributed by atoms with Crippen LogP contribution in [0.5, 0.6) is 5.75 Å². The van der Waals surface area contributed by atoms with E-state index in [1.54, 1.807) is 30.3 Å². The Balaban J connectivity index is 1.82. The zero-order valence-electron chi connectivity index (χ0n) is 12.5. The van der Waals surface area contributed by atoms with Gasteiger partial charge in [-0.2, -0.15) is 5.10 Å². The Hall–Kier alpha value is -2.31. The van der Waals surface area contributed by atoms with E-state index in [0.717, 1.165) is 10.6 Å². The third kappa shape index (κ3) is 3.23. The van der Waals surface area contributed by atoms with Crippen LogP contribution in [0, 0.1) is 6.92 Å². The molecule has 2 aromatic heterocycles. The van der Waals surface area contributed by atoms with E-state index in [9.17, 15) is 4.79 Å². The standard InChI is InChI=1S/C16H14ClN3O2S/c1-10-7-14(22-2)15(23-10)16(21)19-11-8-18-20(9-11)13-6-4-3-5-12(13)17/h3-9H,1-2H3,(H,19,21). The molecule has 0 aliphatic heterocycles. The van der Waals surface area contributed by atoms with Gasteiger partial charge in [0.1, 0.15) is 10.6 Å². The molecule has 0 aliphatic carbocycles. The van der Waals surface area contributed by atoms with E-state index in [-0.39, 0.29) is 5.91 Å². The Morgan fingerprint density at radius 2 is 2.17 bits per heavy atom. The van der Waals surface area contributed by atoms with Crippen molar-refractivity contribution in [2.45, 2.75) is 6.92 Å². The molecule has 0 unspecified atom stereocenters. The zero-order valence-corrected chi connectivity index (χ0v) is 14.1. The van der Waals surface area contributed by atoms with Gasteiger partial charge in [0.25, 0.3) is 5.91 Å². The van der Waals surface area contributed by atoms with Gasteiger partial charge in [-0.3, -0.25) is 4.79 Å². The van der Waals surface area contributed by atoms with Crippen LogP contribution in [0.4, 0.5) is 5.69 Å². The summed E-state index contributed by atoms with van der Waals surface area (Å²) in [6.45, 7) is 1.93. The fourth-order valence-electron chi connectivity index (χ4n) is 2.15. The number of thiophene rings is 1. The number of para-hydroxylation sites is 1. The molecule has 1 aromatic carbocycles. The summed E-state index contributed by atoms with van der Waals surface area (Å²) in [7, 11) is 1.55. The molecule has 5 nitrogen and oxygen atoms in total. The Morgan fingerprint density at radius 3 is 2.91 bits per heavy atom. The van der Waals surface area contributed by atoms with Crippen LogP contribution in [0.15, 0.2) is 42.7 Å². The van der Waals surface area contributed by atoms with Crippen LogP contribution in [-0.4, -0.2) is 22.8 Å². The van der Waals surface area contributed by atoms with Crippen LogP contribution in [-0.2, 0) is 0 Å². The number of amides is 1. The van der Waals surface area contributed by atoms with E-state index in [0.29, 0.717) is 21.3 Å². The maximum Gasteiger partial charge on any atom is 0.269 e. The number of ether oxygens (including phenoxy) is 1. The summed E-state index contributed by atoms with van der Waals surface area (Å²) >= 11 is 7.54. The zero-order chi connectivity index (χ0) is 16.4. The number of aryl methyl sites for hydroxylation is 1. The summed E-state index contributed by atoms with van der Waals surface area (Å²) in [5.74, 6) is 0.349. The number of carbonyl (C=O) groups excluding carboxylic acids is 1. The van der Waals surface area contributed by atoms with E-state index in [2.05, 4.69) is 10.4 Å². The minimum atomic E-state index is -0.223. The first-order valence-electron chi connectivity index (χ1n) is 6.84. The molecule has 0 saturated heterocycles. The highest BCUT2D eigenvalue weighted by Gasteiger charge is 2.17. The van der Waals surface area contributed by atoms with Crippen molar-refractivity contribution in [1.29, 1.82) is 0 Å². The number of nitrogens with zero attached hydrogens (tertiary/aromatic N) is 2. The topological polar surface area (TPSA) is 56.1 Å². The molecule has 0 spiro atoms. The van der Waals surface area contributed by atoms with Gasteiger partial charge < -0.3 is 10.1 Å². The second-order valence-electron chi connectivity index (χ2n) is 4.83. The monoisotopic (exact) mass is 347 g/mol. The van der Waals surface area contributed by atoms with Crippen LogP contribution in [0.2, 0.25) is 5.02 Å². The molecule has 3 rings (SSSR count). The van der Waals surface area contributed by atoms with Crippen molar-refractivity contribution in [3.63, 3.8) is 0 Å². The van der Waals surface area contributed by atoms with Crippen molar-refractivity contribution in [3.8, 4) is 11.4 Å². The number of benzene rings is 1. The van der Waals surface area contributed by atoms with Crippen LogP contribution in [0.1, 0.15) is 14.5 Å². The quantitative estimate of drug-likeness (QED) is 0.771. The number of anilines is 1. The van der Waals surface area contributed by atoms with E-state index in [1.165, 1.54) is 11.3 Å². The molecular formula is C16H14ClN3O2S. The van der Waals surface area contributed by atoms with E-state index in [4.69, 9.17) is 16.3 Å². The van der Waals surface area contributed by atoms with Crippen molar-refractivity contribution >= 4 is 34.5 Å². The number of hydrogen-bond acceptors (Lipinski definition) is 4. The van der Waals surface area contributed by atoms with Crippen molar-refractivity contribution in [3.05, 3.63) is 57.5 Å². The van der Waals surface area contributed by atoms with Crippen LogP contribution >= 0.6 is 22.9 Å². The summed E-state index contributed by atoms with van der Waals surface area (Å²) in [6, 6.07) is 9.21. The van der Waals surface area contributed by atoms with Crippen molar-refractivity contribution in [1.82, 2.24) is 9.78 Å². The van der Waals surface area contributed by atoms with Gasteiger partial charge in [-0.15, -0.1) is 11.3 Å². The molecule has 1 N–H and O–H groups in total. The number of aromatic nitrogens is 2. The SMILES string of the molecule is COc1cc(C)sc1C(=O)Nc1cnn(-c2ccccc2Cl)c1. The molecule has 0 saturated carbocycles. The number of rotatable bonds is 4. The molecular weight excluding hydrogens is 334 g/mol. The van der Waals surface area contributed by atoms with Crippen molar-refractivity contribution in [2.75, 3.05) is 12.4 Å². The molecule has 0 radical (unpaired) electrons. The molecule has 0 bridgehead atoms. The first-order chi connectivity index (χ1) is 11.1. The maximum atomic E-state index is 12.4. The summed E-state index contributed by atoms with van der Waals surface area (Å²) in [5, 5.41) is 7.64. The van der Waals surface area contributed by atoms with Gasteiger partial charge >= 0.3 is 0 Å². The number of halogens is 1. The molecule has 23 heavy (non-hydrogen) atoms. The summed E-state index contributed by atoms with van der Waals surface area (Å²) in [4.78, 5) is 13.9. The lowest BCUT2D eigenvalue weighted by Crippen LogP contribution is -2.10. The Kier molecular flexibility index (Phi) is 4.36. The Labute approximate surface area is 142 Å². The van der Waals surface area contributed by atoms with Gasteiger partial charge in [0.05, 0.1) is 35.9 Å². The number of hydrogen-bond donors (Lipinski definition) is 1. The van der Waals surface area contributed by atoms with E-state index < -0.39 is 0 Å². The second-order valence-corrected chi connectivity index (χ2v) is 6.50. The average molecular weight is 348 g/mol. The third-order valence-electron chi connectivity index (χ3n) is 3.19. The lowest BCUT2D eigenvalue weighted by molar-refractivity contribution is 0.102. The molecule has 3 aromatic rings. The molecule has 0 atom stereocenters. The van der Waals surface area contributed by atoms with Gasteiger partial charge in [-0.05, 0) is 25.1 Å². The fourth-order valence-corrected chi connectivity index (χ4v) is 3.24. The average Bonchev–Trinajstić information content (AvgIpc) is 3.14. The predicted octanol–water partition coefficient (Wildman–Crippen LogP) is 4.16. The van der Waals surface area contributed by atoms with E-state index >= 15 is 0 Å². The van der Waals surface area contributed by atoms with Crippen LogP contribution in [0.25, 0.3) is 5.69 Å². The Morgan fingerprint density at radius 1 is 1.39 bits per heavy atom. The lowest BCUT2D eigenvalue weighted by Gasteiger charge is -2.04. The van der Waals surface area contributed by atoms with Crippen molar-refractivity contribution in [2.24, 2.45) is 0 Å². The third-order valence-corrected chi connectivity index (χ3v) is 4.54. The largest absolute Gasteiger partial charge is 0.495 e. The first kappa shape index (κ1) is 15.6. The first-order valence-corrected chi connectivity index (χ1v) is 8.03. The number of nitrogens with one attached hydrogen (secondary N) is 1. The lowest BCUT2D eigenvalue weighted by atomic mass is 10.3. The minimum absolute atomic E-state index is 0.223. The smallest absolute Gasteiger partial charge is 0.269 e. The van der Waals surface area contributed by atoms with Crippen LogP contribution in [0.3, 0.4) is 0 Å². The summed E-state index contributed by atoms with van der Waals surface area (Å²) in [6.07, 6.45) is 3.29. The highest BCUT2D eigenvalue weighted by atomic mass is 35.5. The van der Waals surface area contributed by atoms with Crippen LogP contribution < -0.4 is 10.1 Å². The van der Waals surface area contributed by atoms with E-state index in [1.807, 2.05) is 31.2 Å². The van der Waals surface area contributed by atoms with Gasteiger partial charge in [0.15, 0.2) is 0 Å². The second kappa shape index (κ2) is 6.44. The molecule has 0 aliphatic rings. The van der Waals surface area contributed by atoms with Gasteiger partial charge in [0.2, 0.25) is 0 Å². The molecule has 2 heterocycles. The van der Waals surface area contributed by atoms with Gasteiger partial charge in [-0.1, -0.05) is 23.7 Å². The maximum absolute atomic E-state index is 12.4.